The lowest BCUT2D eigenvalue weighted by molar-refractivity contribution is 1.45. The van der Waals surface area contributed by atoms with E-state index in [-0.39, 0.29) is 0 Å². The first-order valence-corrected chi connectivity index (χ1v) is 4.28. The molecule has 0 N–H and O–H groups in total. The maximum atomic E-state index is 5.80. The van der Waals surface area contributed by atoms with Crippen LogP contribution < -0.4 is 0 Å². The first-order valence-electron chi connectivity index (χ1n) is 3.02. The molecular formula is C7H7ClN2S. The Labute approximate surface area is 74.3 Å². The molecular weight excluding hydrogens is 180 g/mol. The highest BCUT2D eigenvalue weighted by atomic mass is 35.5. The maximum absolute atomic E-state index is 5.80. The molecule has 2 nitrogen and oxygen atoms in total. The highest BCUT2D eigenvalue weighted by molar-refractivity contribution is 7.14. The van der Waals surface area contributed by atoms with Crippen molar-refractivity contribution in [3.63, 3.8) is 0 Å². The van der Waals surface area contributed by atoms with Crippen LogP contribution in [0.3, 0.4) is 0 Å². The van der Waals surface area contributed by atoms with Gasteiger partial charge < -0.3 is 0 Å². The fourth-order valence-corrected chi connectivity index (χ4v) is 1.42. The second-order valence-corrected chi connectivity index (χ2v) is 3.08. The van der Waals surface area contributed by atoms with Crippen LogP contribution in [0.1, 0.15) is 4.88 Å². The predicted molar refractivity (Wildman–Crippen MR) is 51.1 cm³/mol. The first-order chi connectivity index (χ1) is 5.34. The molecule has 0 amide bonds. The van der Waals surface area contributed by atoms with Gasteiger partial charge in [0.15, 0.2) is 0 Å². The molecule has 1 aromatic rings. The summed E-state index contributed by atoms with van der Waals surface area (Å²) in [7, 11) is 1.65. The van der Waals surface area contributed by atoms with Gasteiger partial charge in [0.1, 0.15) is 11.5 Å². The summed E-state index contributed by atoms with van der Waals surface area (Å²) in [6.45, 7) is 0. The molecule has 0 fully saturated rings. The molecule has 0 saturated carbocycles. The topological polar surface area (TPSA) is 24.7 Å². The van der Waals surface area contributed by atoms with Crippen molar-refractivity contribution in [3.8, 4) is 0 Å². The van der Waals surface area contributed by atoms with Gasteiger partial charge in [-0.1, -0.05) is 17.7 Å². The van der Waals surface area contributed by atoms with E-state index in [1.807, 2.05) is 17.5 Å². The minimum absolute atomic E-state index is 0.491. The van der Waals surface area contributed by atoms with Crippen LogP contribution in [0.2, 0.25) is 0 Å². The Balaban J connectivity index is 2.77. The van der Waals surface area contributed by atoms with E-state index in [2.05, 4.69) is 9.98 Å². The van der Waals surface area contributed by atoms with Gasteiger partial charge in [0.25, 0.3) is 0 Å². The van der Waals surface area contributed by atoms with Gasteiger partial charge in [-0.25, -0.2) is 4.99 Å². The lowest BCUT2D eigenvalue weighted by Gasteiger charge is -1.86. The van der Waals surface area contributed by atoms with E-state index < -0.39 is 0 Å². The zero-order valence-corrected chi connectivity index (χ0v) is 7.56. The fraction of sp³-hybridized carbons (Fsp3) is 0.143. The summed E-state index contributed by atoms with van der Waals surface area (Å²) in [5.74, 6) is 0. The van der Waals surface area contributed by atoms with Crippen LogP contribution in [-0.4, -0.2) is 18.6 Å². The van der Waals surface area contributed by atoms with Gasteiger partial charge in [0, 0.05) is 7.05 Å². The Bertz CT molecular complexity index is 264. The molecule has 0 bridgehead atoms. The molecule has 4 heteroatoms. The van der Waals surface area contributed by atoms with Crippen LogP contribution in [0.15, 0.2) is 27.5 Å². The maximum Gasteiger partial charge on any atom is 0.148 e. The van der Waals surface area contributed by atoms with Gasteiger partial charge in [-0.15, -0.1) is 11.3 Å². The first kappa shape index (κ1) is 8.43. The SMILES string of the molecule is CN=CN=C(Cl)c1cccs1. The summed E-state index contributed by atoms with van der Waals surface area (Å²) in [5, 5.41) is 2.45. The van der Waals surface area contributed by atoms with E-state index >= 15 is 0 Å². The van der Waals surface area contributed by atoms with Crippen LogP contribution in [-0.2, 0) is 0 Å². The summed E-state index contributed by atoms with van der Waals surface area (Å²) in [5.41, 5.74) is 0. The van der Waals surface area contributed by atoms with Gasteiger partial charge in [-0.05, 0) is 11.4 Å². The van der Waals surface area contributed by atoms with Crippen molar-refractivity contribution in [3.05, 3.63) is 22.4 Å². The Morgan fingerprint density at radius 2 is 2.55 bits per heavy atom. The minimum atomic E-state index is 0.491. The van der Waals surface area contributed by atoms with Crippen molar-refractivity contribution >= 4 is 34.4 Å². The fourth-order valence-electron chi connectivity index (χ4n) is 0.568. The average molecular weight is 187 g/mol. The number of hydrogen-bond acceptors (Lipinski definition) is 2. The van der Waals surface area contributed by atoms with Crippen molar-refractivity contribution < 1.29 is 0 Å². The number of rotatable bonds is 2. The van der Waals surface area contributed by atoms with Gasteiger partial charge in [0.2, 0.25) is 0 Å². The van der Waals surface area contributed by atoms with Gasteiger partial charge in [0.05, 0.1) is 4.88 Å². The van der Waals surface area contributed by atoms with Crippen LogP contribution in [0, 0.1) is 0 Å². The number of thiophene rings is 1. The van der Waals surface area contributed by atoms with Crippen LogP contribution in [0.5, 0.6) is 0 Å². The minimum Gasteiger partial charge on any atom is -0.277 e. The Morgan fingerprint density at radius 1 is 1.73 bits per heavy atom. The molecule has 0 atom stereocenters. The van der Waals surface area contributed by atoms with Crippen LogP contribution in [0.25, 0.3) is 0 Å². The van der Waals surface area contributed by atoms with Crippen molar-refractivity contribution in [1.29, 1.82) is 0 Å². The molecule has 1 aromatic heterocycles. The molecule has 1 rings (SSSR count). The Kier molecular flexibility index (Phi) is 3.26. The van der Waals surface area contributed by atoms with E-state index in [1.165, 1.54) is 6.34 Å². The number of hydrogen-bond donors (Lipinski definition) is 0. The summed E-state index contributed by atoms with van der Waals surface area (Å²) in [6.07, 6.45) is 1.43. The lowest BCUT2D eigenvalue weighted by atomic mass is 10.5. The second kappa shape index (κ2) is 4.26. The van der Waals surface area contributed by atoms with Crippen LogP contribution >= 0.6 is 22.9 Å². The quantitative estimate of drug-likeness (QED) is 0.501. The third kappa shape index (κ3) is 2.44. The highest BCUT2D eigenvalue weighted by Crippen LogP contribution is 2.11. The molecule has 58 valence electrons. The second-order valence-electron chi connectivity index (χ2n) is 1.77. The van der Waals surface area contributed by atoms with E-state index in [1.54, 1.807) is 18.4 Å². The molecule has 0 aromatic carbocycles. The van der Waals surface area contributed by atoms with Crippen molar-refractivity contribution in [2.45, 2.75) is 0 Å². The number of nitrogens with zero attached hydrogens (tertiary/aromatic N) is 2. The molecule has 1 heterocycles. The Hall–Kier alpha value is -0.670. The summed E-state index contributed by atoms with van der Waals surface area (Å²) in [4.78, 5) is 8.54. The predicted octanol–water partition coefficient (Wildman–Crippen LogP) is 2.39. The summed E-state index contributed by atoms with van der Waals surface area (Å²) in [6, 6.07) is 3.85. The Morgan fingerprint density at radius 3 is 3.09 bits per heavy atom. The van der Waals surface area contributed by atoms with Gasteiger partial charge in [-0.2, -0.15) is 0 Å². The summed E-state index contributed by atoms with van der Waals surface area (Å²) < 4.78 is 0. The van der Waals surface area contributed by atoms with E-state index in [9.17, 15) is 0 Å². The van der Waals surface area contributed by atoms with E-state index in [0.717, 1.165) is 4.88 Å². The van der Waals surface area contributed by atoms with Crippen molar-refractivity contribution in [2.75, 3.05) is 7.05 Å². The zero-order valence-electron chi connectivity index (χ0n) is 5.99. The standard InChI is InChI=1S/C7H7ClN2S/c1-9-5-10-7(8)6-3-2-4-11-6/h2-5H,1H3. The van der Waals surface area contributed by atoms with Crippen molar-refractivity contribution in [2.24, 2.45) is 9.98 Å². The van der Waals surface area contributed by atoms with E-state index in [4.69, 9.17) is 11.6 Å². The molecule has 0 aliphatic heterocycles. The lowest BCUT2D eigenvalue weighted by Crippen LogP contribution is -1.85. The van der Waals surface area contributed by atoms with E-state index in [0.29, 0.717) is 5.17 Å². The average Bonchev–Trinajstić information content (AvgIpc) is 2.52. The van der Waals surface area contributed by atoms with Crippen LogP contribution in [0.4, 0.5) is 0 Å². The molecule has 0 unspecified atom stereocenters. The molecule has 0 radical (unpaired) electrons. The summed E-state index contributed by atoms with van der Waals surface area (Å²) >= 11 is 7.35. The third-order valence-electron chi connectivity index (χ3n) is 1.01. The zero-order chi connectivity index (χ0) is 8.10. The molecule has 11 heavy (non-hydrogen) atoms. The smallest absolute Gasteiger partial charge is 0.148 e. The monoisotopic (exact) mass is 186 g/mol. The molecule has 0 saturated heterocycles. The molecule has 0 spiro atoms. The van der Waals surface area contributed by atoms with Gasteiger partial charge in [-0.3, -0.25) is 4.99 Å². The third-order valence-corrected chi connectivity index (χ3v) is 2.30. The highest BCUT2D eigenvalue weighted by Gasteiger charge is 1.97. The largest absolute Gasteiger partial charge is 0.277 e. The number of aliphatic imine (C=N–C) groups is 2. The molecule has 0 aliphatic carbocycles. The number of halogens is 1. The normalized spacial score (nSPS) is 12.7. The van der Waals surface area contributed by atoms with Gasteiger partial charge >= 0.3 is 0 Å². The van der Waals surface area contributed by atoms with Crippen molar-refractivity contribution in [1.82, 2.24) is 0 Å². The molecule has 0 aliphatic rings.